The monoisotopic (exact) mass is 686 g/mol. The van der Waals surface area contributed by atoms with Crippen molar-refractivity contribution in [3.8, 4) is 0 Å². The van der Waals surface area contributed by atoms with Gasteiger partial charge in [0.1, 0.15) is 24.6 Å². The highest BCUT2D eigenvalue weighted by molar-refractivity contribution is 5.77. The van der Waals surface area contributed by atoms with E-state index in [1.54, 1.807) is 9.80 Å². The third kappa shape index (κ3) is 11.0. The van der Waals surface area contributed by atoms with E-state index in [2.05, 4.69) is 9.80 Å². The van der Waals surface area contributed by atoms with Gasteiger partial charge in [-0.3, -0.25) is 9.59 Å². The number of piperazine rings is 1. The van der Waals surface area contributed by atoms with Crippen LogP contribution in [0.1, 0.15) is 58.4 Å². The van der Waals surface area contributed by atoms with Crippen LogP contribution in [0.25, 0.3) is 6.08 Å². The number of amides is 2. The molecule has 0 aromatic heterocycles. The van der Waals surface area contributed by atoms with Gasteiger partial charge in [0.05, 0.1) is 12.5 Å². The Morgan fingerprint density at radius 2 is 1.71 bits per heavy atom. The first-order valence-electron chi connectivity index (χ1n) is 17.5. The standard InChI is InChI=1S/C37H55FN4O7/c1-25-7-9-32(43)23-35(45)49-36(26(2)8-10-33(25)48-37(46)42-17-15-39(4)16-18-42)27(3)19-28-20-29(38)22-31(21-28)40(5)30-11-13-41(14-12-30)34(44)24-47-6/h8,10,19-22,25-26,30,32-33,36,43H,7,9,11-18,23-24H2,1-6H3/b10-8?,27-19+/t25-,26-,32+,33-,36-/m0/s1. The molecule has 2 saturated heterocycles. The van der Waals surface area contributed by atoms with Crippen molar-refractivity contribution >= 4 is 29.7 Å². The van der Waals surface area contributed by atoms with E-state index in [4.69, 9.17) is 14.2 Å². The zero-order valence-corrected chi connectivity index (χ0v) is 30.0. The highest BCUT2D eigenvalue weighted by atomic mass is 19.1. The van der Waals surface area contributed by atoms with E-state index in [1.165, 1.54) is 19.2 Å². The predicted molar refractivity (Wildman–Crippen MR) is 186 cm³/mol. The first-order chi connectivity index (χ1) is 23.3. The summed E-state index contributed by atoms with van der Waals surface area (Å²) in [6.07, 6.45) is 5.44. The summed E-state index contributed by atoms with van der Waals surface area (Å²) >= 11 is 0. The molecule has 0 radical (unpaired) electrons. The first kappa shape index (κ1) is 38.3. The second-order valence-electron chi connectivity index (χ2n) is 14.0. The van der Waals surface area contributed by atoms with Crippen LogP contribution in [0.15, 0.2) is 35.9 Å². The molecule has 12 heteroatoms. The van der Waals surface area contributed by atoms with Gasteiger partial charge in [-0.25, -0.2) is 9.18 Å². The maximum atomic E-state index is 15.0. The van der Waals surface area contributed by atoms with Crippen LogP contribution in [0.3, 0.4) is 0 Å². The van der Waals surface area contributed by atoms with Gasteiger partial charge in [0.15, 0.2) is 0 Å². The normalized spacial score (nSPS) is 26.8. The number of carbonyl (C=O) groups excluding carboxylic acids is 3. The van der Waals surface area contributed by atoms with E-state index in [0.717, 1.165) is 25.9 Å². The fourth-order valence-electron chi connectivity index (χ4n) is 6.79. The lowest BCUT2D eigenvalue weighted by Gasteiger charge is -2.38. The fraction of sp³-hybridized carbons (Fsp3) is 0.649. The minimum atomic E-state index is -0.890. The number of likely N-dealkylation sites (tertiary alicyclic amines) is 1. The van der Waals surface area contributed by atoms with Crippen LogP contribution >= 0.6 is 0 Å². The number of aliphatic hydroxyl groups excluding tert-OH is 1. The minimum absolute atomic E-state index is 0.0278. The summed E-state index contributed by atoms with van der Waals surface area (Å²) in [5.74, 6) is -1.31. The van der Waals surface area contributed by atoms with Gasteiger partial charge in [-0.1, -0.05) is 26.0 Å². The van der Waals surface area contributed by atoms with Crippen LogP contribution in [-0.2, 0) is 23.8 Å². The molecule has 0 spiro atoms. The molecule has 272 valence electrons. The van der Waals surface area contributed by atoms with Crippen molar-refractivity contribution in [3.63, 3.8) is 0 Å². The van der Waals surface area contributed by atoms with E-state index >= 15 is 4.39 Å². The molecule has 49 heavy (non-hydrogen) atoms. The maximum Gasteiger partial charge on any atom is 0.410 e. The number of hydrogen-bond donors (Lipinski definition) is 1. The van der Waals surface area contributed by atoms with Gasteiger partial charge in [0.25, 0.3) is 0 Å². The number of benzene rings is 1. The molecule has 0 aliphatic carbocycles. The molecule has 2 fully saturated rings. The number of methoxy groups -OCH3 is 1. The Morgan fingerprint density at radius 3 is 2.39 bits per heavy atom. The quantitative estimate of drug-likeness (QED) is 0.331. The lowest BCUT2D eigenvalue weighted by molar-refractivity contribution is -0.151. The summed E-state index contributed by atoms with van der Waals surface area (Å²) in [6, 6.07) is 4.99. The number of ether oxygens (including phenoxy) is 3. The maximum absolute atomic E-state index is 15.0. The number of cyclic esters (lactones) is 1. The molecule has 0 bridgehead atoms. The first-order valence-corrected chi connectivity index (χ1v) is 17.5. The number of rotatable bonds is 7. The van der Waals surface area contributed by atoms with E-state index in [0.29, 0.717) is 55.8 Å². The topological polar surface area (TPSA) is 112 Å². The Bertz CT molecular complexity index is 1340. The molecule has 0 unspecified atom stereocenters. The van der Waals surface area contributed by atoms with Crippen LogP contribution in [0, 0.1) is 17.7 Å². The SMILES string of the molecule is COCC(=O)N1CCC(N(C)c2cc(F)cc(/C=C(\C)[C@H]3OC(=O)C[C@H](O)CC[C@H](C)[C@@H](OC(=O)N4CCN(C)CC4)C=C[C@@H]3C)c2)CC1. The molecule has 3 aliphatic heterocycles. The average Bonchev–Trinajstić information content (AvgIpc) is 3.07. The number of likely N-dealkylation sites (N-methyl/N-ethyl adjacent to an activating group) is 1. The van der Waals surface area contributed by atoms with Crippen LogP contribution in [0.2, 0.25) is 0 Å². The molecule has 1 aromatic rings. The Kier molecular flexibility index (Phi) is 14.0. The molecule has 11 nitrogen and oxygen atoms in total. The van der Waals surface area contributed by atoms with Crippen molar-refractivity contribution in [2.45, 2.75) is 77.2 Å². The van der Waals surface area contributed by atoms with Crippen molar-refractivity contribution in [1.29, 1.82) is 0 Å². The van der Waals surface area contributed by atoms with Crippen molar-refractivity contribution in [2.75, 3.05) is 72.0 Å². The molecule has 4 rings (SSSR count). The molecule has 3 heterocycles. The average molecular weight is 687 g/mol. The Morgan fingerprint density at radius 1 is 1.02 bits per heavy atom. The summed E-state index contributed by atoms with van der Waals surface area (Å²) in [7, 11) is 5.47. The summed E-state index contributed by atoms with van der Waals surface area (Å²) < 4.78 is 32.0. The van der Waals surface area contributed by atoms with Crippen LogP contribution < -0.4 is 4.90 Å². The Balaban J connectivity index is 1.52. The smallest absolute Gasteiger partial charge is 0.410 e. The number of aliphatic hydroxyl groups is 1. The Labute approximate surface area is 290 Å². The number of carbonyl (C=O) groups is 3. The van der Waals surface area contributed by atoms with Gasteiger partial charge < -0.3 is 38.9 Å². The van der Waals surface area contributed by atoms with E-state index in [1.807, 2.05) is 59.2 Å². The van der Waals surface area contributed by atoms with Crippen molar-refractivity contribution in [3.05, 3.63) is 47.3 Å². The van der Waals surface area contributed by atoms with E-state index in [-0.39, 0.29) is 48.7 Å². The van der Waals surface area contributed by atoms with Crippen LogP contribution in [0.5, 0.6) is 0 Å². The number of anilines is 1. The number of piperidine rings is 1. The fourth-order valence-corrected chi connectivity index (χ4v) is 6.79. The van der Waals surface area contributed by atoms with Crippen molar-refractivity contribution in [1.82, 2.24) is 14.7 Å². The summed E-state index contributed by atoms with van der Waals surface area (Å²) in [6.45, 7) is 9.81. The lowest BCUT2D eigenvalue weighted by atomic mass is 9.91. The molecular weight excluding hydrogens is 631 g/mol. The van der Waals surface area contributed by atoms with Gasteiger partial charge >= 0.3 is 12.1 Å². The highest BCUT2D eigenvalue weighted by Crippen LogP contribution is 2.29. The predicted octanol–water partition coefficient (Wildman–Crippen LogP) is 4.34. The molecule has 2 amide bonds. The third-order valence-corrected chi connectivity index (χ3v) is 10.0. The largest absolute Gasteiger partial charge is 0.457 e. The number of halogens is 1. The number of nitrogens with zero attached hydrogens (tertiary/aromatic N) is 4. The van der Waals surface area contributed by atoms with Gasteiger partial charge in [-0.05, 0) is 81.0 Å². The lowest BCUT2D eigenvalue weighted by Crippen LogP contribution is -2.48. The summed E-state index contributed by atoms with van der Waals surface area (Å²) in [5.41, 5.74) is 2.05. The number of hydrogen-bond acceptors (Lipinski definition) is 9. The van der Waals surface area contributed by atoms with Gasteiger partial charge in [0, 0.05) is 71.1 Å². The van der Waals surface area contributed by atoms with Gasteiger partial charge in [-0.15, -0.1) is 0 Å². The molecule has 3 aliphatic rings. The van der Waals surface area contributed by atoms with Crippen LogP contribution in [0.4, 0.5) is 14.9 Å². The zero-order valence-electron chi connectivity index (χ0n) is 30.0. The molecule has 5 atom stereocenters. The molecule has 1 N–H and O–H groups in total. The van der Waals surface area contributed by atoms with Gasteiger partial charge in [-0.2, -0.15) is 0 Å². The summed E-state index contributed by atoms with van der Waals surface area (Å²) in [5, 5.41) is 10.7. The van der Waals surface area contributed by atoms with Gasteiger partial charge in [0.2, 0.25) is 5.91 Å². The second kappa shape index (κ2) is 18.0. The zero-order chi connectivity index (χ0) is 35.7. The number of esters is 1. The highest BCUT2D eigenvalue weighted by Gasteiger charge is 2.30. The third-order valence-electron chi connectivity index (χ3n) is 10.0. The molecular formula is C37H55FN4O7. The van der Waals surface area contributed by atoms with Crippen LogP contribution in [-0.4, -0.2) is 129 Å². The molecule has 1 aromatic carbocycles. The minimum Gasteiger partial charge on any atom is -0.457 e. The van der Waals surface area contributed by atoms with Crippen molar-refractivity contribution < 1.29 is 38.1 Å². The Hall–Kier alpha value is -3.48. The van der Waals surface area contributed by atoms with E-state index in [9.17, 15) is 19.5 Å². The van der Waals surface area contributed by atoms with E-state index < -0.39 is 24.3 Å². The summed E-state index contributed by atoms with van der Waals surface area (Å²) in [4.78, 5) is 46.1. The second-order valence-corrected chi connectivity index (χ2v) is 14.0. The van der Waals surface area contributed by atoms with Crippen molar-refractivity contribution in [2.24, 2.45) is 11.8 Å². The molecule has 0 saturated carbocycles.